The molecule has 2 unspecified atom stereocenters. The van der Waals surface area contributed by atoms with Gasteiger partial charge < -0.3 is 24.4 Å². The molecule has 1 N–H and O–H groups in total. The van der Waals surface area contributed by atoms with E-state index < -0.39 is 11.9 Å². The molecule has 8 nitrogen and oxygen atoms in total. The van der Waals surface area contributed by atoms with E-state index >= 15 is 0 Å². The summed E-state index contributed by atoms with van der Waals surface area (Å²) in [5, 5.41) is 9.43. The number of aromatic nitrogens is 2. The van der Waals surface area contributed by atoms with E-state index in [1.165, 1.54) is 13.1 Å². The highest BCUT2D eigenvalue weighted by atomic mass is 16.6. The number of anilines is 1. The molecule has 134 valence electrons. The quantitative estimate of drug-likeness (QED) is 0.838. The van der Waals surface area contributed by atoms with Gasteiger partial charge in [0.25, 0.3) is 5.88 Å². The number of aliphatic hydroxyl groups is 1. The fourth-order valence-electron chi connectivity index (χ4n) is 2.52. The summed E-state index contributed by atoms with van der Waals surface area (Å²) in [5.74, 6) is 0.847. The van der Waals surface area contributed by atoms with Gasteiger partial charge in [0.15, 0.2) is 12.1 Å². The molecule has 1 saturated heterocycles. The van der Waals surface area contributed by atoms with E-state index in [1.54, 1.807) is 11.1 Å². The number of aliphatic hydroxyl groups excluding tert-OH is 1. The van der Waals surface area contributed by atoms with Crippen molar-refractivity contribution in [2.24, 2.45) is 0 Å². The second-order valence-corrected chi connectivity index (χ2v) is 6.87. The molecule has 24 heavy (non-hydrogen) atoms. The summed E-state index contributed by atoms with van der Waals surface area (Å²) in [7, 11) is 0. The minimum Gasteiger partial charge on any atom is -0.446 e. The van der Waals surface area contributed by atoms with E-state index in [0.717, 1.165) is 0 Å². The zero-order chi connectivity index (χ0) is 17.9. The Hall–Kier alpha value is -2.09. The van der Waals surface area contributed by atoms with Crippen LogP contribution in [-0.2, 0) is 4.74 Å². The van der Waals surface area contributed by atoms with Crippen LogP contribution in [0.15, 0.2) is 12.4 Å². The van der Waals surface area contributed by atoms with Gasteiger partial charge in [0.2, 0.25) is 0 Å². The molecule has 2 heterocycles. The predicted octanol–water partition coefficient (Wildman–Crippen LogP) is 1.64. The number of piperazine rings is 1. The van der Waals surface area contributed by atoms with Gasteiger partial charge in [-0.15, -0.1) is 0 Å². The smallest absolute Gasteiger partial charge is 0.410 e. The third kappa shape index (κ3) is 4.70. The Morgan fingerprint density at radius 2 is 2.00 bits per heavy atom. The molecule has 0 aromatic carbocycles. The Morgan fingerprint density at radius 3 is 2.58 bits per heavy atom. The van der Waals surface area contributed by atoms with Gasteiger partial charge in [-0.3, -0.25) is 0 Å². The monoisotopic (exact) mass is 338 g/mol. The van der Waals surface area contributed by atoms with Crippen LogP contribution in [0.4, 0.5) is 10.6 Å². The van der Waals surface area contributed by atoms with Crippen molar-refractivity contribution in [2.75, 3.05) is 24.5 Å². The summed E-state index contributed by atoms with van der Waals surface area (Å²) in [6.07, 6.45) is 1.81. The van der Waals surface area contributed by atoms with Crippen molar-refractivity contribution in [2.45, 2.75) is 52.6 Å². The Labute approximate surface area is 142 Å². The third-order valence-electron chi connectivity index (χ3n) is 3.48. The van der Waals surface area contributed by atoms with Crippen molar-refractivity contribution in [3.63, 3.8) is 0 Å². The van der Waals surface area contributed by atoms with E-state index in [2.05, 4.69) is 9.97 Å². The summed E-state index contributed by atoms with van der Waals surface area (Å²) in [4.78, 5) is 24.4. The molecule has 2 rings (SSSR count). The Balaban J connectivity index is 2.07. The van der Waals surface area contributed by atoms with Crippen molar-refractivity contribution in [1.82, 2.24) is 14.9 Å². The van der Waals surface area contributed by atoms with Crippen LogP contribution in [0.1, 0.15) is 34.6 Å². The van der Waals surface area contributed by atoms with Gasteiger partial charge in [-0.1, -0.05) is 0 Å². The standard InChI is InChI=1S/C16H26N4O4/c1-11-10-19(8-9-20(11)15(22)24-16(3,4)5)13-14(23-12(2)21)18-7-6-17-13/h6-7,11-12,21H,8-10H2,1-5H3. The fraction of sp³-hybridized carbons (Fsp3) is 0.688. The largest absolute Gasteiger partial charge is 0.446 e. The number of hydrogen-bond acceptors (Lipinski definition) is 7. The molecule has 1 aromatic rings. The molecule has 1 aliphatic rings. The van der Waals surface area contributed by atoms with E-state index in [0.29, 0.717) is 25.5 Å². The first-order valence-corrected chi connectivity index (χ1v) is 8.07. The SMILES string of the molecule is CC(O)Oc1nccnc1N1CCN(C(=O)OC(C)(C)C)C(C)C1. The Morgan fingerprint density at radius 1 is 1.33 bits per heavy atom. The van der Waals surface area contributed by atoms with Crippen LogP contribution in [-0.4, -0.2) is 63.6 Å². The molecule has 0 aliphatic carbocycles. The van der Waals surface area contributed by atoms with Gasteiger partial charge in [0, 0.05) is 38.1 Å². The van der Waals surface area contributed by atoms with E-state index in [9.17, 15) is 9.90 Å². The summed E-state index contributed by atoms with van der Waals surface area (Å²) in [6.45, 7) is 10.7. The lowest BCUT2D eigenvalue weighted by molar-refractivity contribution is -0.00373. The number of rotatable bonds is 3. The molecular weight excluding hydrogens is 312 g/mol. The number of amides is 1. The third-order valence-corrected chi connectivity index (χ3v) is 3.48. The van der Waals surface area contributed by atoms with Gasteiger partial charge in [0.1, 0.15) is 5.60 Å². The van der Waals surface area contributed by atoms with Crippen molar-refractivity contribution >= 4 is 11.9 Å². The van der Waals surface area contributed by atoms with E-state index in [1.807, 2.05) is 32.6 Å². The molecular formula is C16H26N4O4. The van der Waals surface area contributed by atoms with Crippen LogP contribution >= 0.6 is 0 Å². The van der Waals surface area contributed by atoms with Gasteiger partial charge in [-0.05, 0) is 34.6 Å². The first-order valence-electron chi connectivity index (χ1n) is 8.07. The van der Waals surface area contributed by atoms with E-state index in [-0.39, 0.29) is 18.0 Å². The van der Waals surface area contributed by atoms with Gasteiger partial charge in [-0.25, -0.2) is 14.8 Å². The number of hydrogen-bond donors (Lipinski definition) is 1. The highest BCUT2D eigenvalue weighted by Gasteiger charge is 2.32. The molecule has 0 saturated carbocycles. The van der Waals surface area contributed by atoms with Crippen LogP contribution in [0.5, 0.6) is 5.88 Å². The van der Waals surface area contributed by atoms with E-state index in [4.69, 9.17) is 9.47 Å². The van der Waals surface area contributed by atoms with Gasteiger partial charge >= 0.3 is 6.09 Å². The van der Waals surface area contributed by atoms with Crippen LogP contribution in [0.25, 0.3) is 0 Å². The highest BCUT2D eigenvalue weighted by Crippen LogP contribution is 2.26. The summed E-state index contributed by atoms with van der Waals surface area (Å²) >= 11 is 0. The van der Waals surface area contributed by atoms with Crippen molar-refractivity contribution < 1.29 is 19.4 Å². The molecule has 0 spiro atoms. The normalized spacial score (nSPS) is 19.8. The number of ether oxygens (including phenoxy) is 2. The number of carbonyl (C=O) groups excluding carboxylic acids is 1. The lowest BCUT2D eigenvalue weighted by Gasteiger charge is -2.40. The van der Waals surface area contributed by atoms with Crippen molar-refractivity contribution in [3.8, 4) is 5.88 Å². The molecule has 1 aliphatic heterocycles. The second kappa shape index (κ2) is 7.21. The topological polar surface area (TPSA) is 88.0 Å². The minimum absolute atomic E-state index is 0.0463. The predicted molar refractivity (Wildman–Crippen MR) is 89.0 cm³/mol. The number of carbonyl (C=O) groups is 1. The first-order chi connectivity index (χ1) is 11.2. The van der Waals surface area contributed by atoms with Crippen LogP contribution in [0.2, 0.25) is 0 Å². The van der Waals surface area contributed by atoms with Crippen molar-refractivity contribution in [1.29, 1.82) is 0 Å². The lowest BCUT2D eigenvalue weighted by atomic mass is 10.2. The Bertz CT molecular complexity index is 573. The molecule has 0 radical (unpaired) electrons. The molecule has 2 atom stereocenters. The minimum atomic E-state index is -0.971. The average Bonchev–Trinajstić information content (AvgIpc) is 2.45. The first kappa shape index (κ1) is 18.3. The van der Waals surface area contributed by atoms with Crippen molar-refractivity contribution in [3.05, 3.63) is 12.4 Å². The average molecular weight is 338 g/mol. The summed E-state index contributed by atoms with van der Waals surface area (Å²) in [5.41, 5.74) is -0.517. The van der Waals surface area contributed by atoms with Crippen LogP contribution in [0.3, 0.4) is 0 Å². The maximum absolute atomic E-state index is 12.3. The molecule has 0 bridgehead atoms. The number of nitrogens with zero attached hydrogens (tertiary/aromatic N) is 4. The van der Waals surface area contributed by atoms with Crippen LogP contribution < -0.4 is 9.64 Å². The lowest BCUT2D eigenvalue weighted by Crippen LogP contribution is -2.55. The molecule has 1 aromatic heterocycles. The molecule has 8 heteroatoms. The van der Waals surface area contributed by atoms with Gasteiger partial charge in [0.05, 0.1) is 0 Å². The van der Waals surface area contributed by atoms with Crippen LogP contribution in [0, 0.1) is 0 Å². The highest BCUT2D eigenvalue weighted by molar-refractivity contribution is 5.69. The molecule has 1 fully saturated rings. The Kier molecular flexibility index (Phi) is 5.48. The fourth-order valence-corrected chi connectivity index (χ4v) is 2.52. The summed E-state index contributed by atoms with van der Waals surface area (Å²) < 4.78 is 10.8. The maximum atomic E-state index is 12.3. The summed E-state index contributed by atoms with van der Waals surface area (Å²) in [6, 6.07) is -0.0463. The zero-order valence-electron chi connectivity index (χ0n) is 14.9. The maximum Gasteiger partial charge on any atom is 0.410 e. The second-order valence-electron chi connectivity index (χ2n) is 6.87. The van der Waals surface area contributed by atoms with Gasteiger partial charge in [-0.2, -0.15) is 0 Å². The zero-order valence-corrected chi connectivity index (χ0v) is 14.9. The molecule has 1 amide bonds.